The van der Waals surface area contributed by atoms with Gasteiger partial charge in [0.05, 0.1) is 0 Å². The second kappa shape index (κ2) is 6.56. The molecule has 0 aromatic heterocycles. The highest BCUT2D eigenvalue weighted by Gasteiger charge is 2.31. The van der Waals surface area contributed by atoms with E-state index in [9.17, 15) is 0 Å². The predicted octanol–water partition coefficient (Wildman–Crippen LogP) is 3.35. The summed E-state index contributed by atoms with van der Waals surface area (Å²) in [6, 6.07) is 6.28. The first-order chi connectivity index (χ1) is 10.3. The highest BCUT2D eigenvalue weighted by Crippen LogP contribution is 2.37. The molecule has 0 bridgehead atoms. The first-order valence-electron chi connectivity index (χ1n) is 8.03. The molecule has 3 atom stereocenters. The number of hydrogen-bond donors (Lipinski definition) is 1. The maximum absolute atomic E-state index is 6.26. The second-order valence-electron chi connectivity index (χ2n) is 6.03. The van der Waals surface area contributed by atoms with Crippen LogP contribution in [0.15, 0.2) is 18.2 Å². The molecule has 1 aromatic rings. The molecule has 4 nitrogen and oxygen atoms in total. The van der Waals surface area contributed by atoms with Gasteiger partial charge < -0.3 is 19.5 Å². The van der Waals surface area contributed by atoms with Crippen LogP contribution in [0.25, 0.3) is 0 Å². The van der Waals surface area contributed by atoms with Crippen LogP contribution in [0, 0.1) is 5.92 Å². The molecular formula is C17H25NO3. The van der Waals surface area contributed by atoms with Gasteiger partial charge in [-0.1, -0.05) is 19.8 Å². The van der Waals surface area contributed by atoms with Crippen LogP contribution in [0.3, 0.4) is 0 Å². The van der Waals surface area contributed by atoms with E-state index in [0.29, 0.717) is 12.8 Å². The van der Waals surface area contributed by atoms with E-state index in [-0.39, 0.29) is 6.10 Å². The van der Waals surface area contributed by atoms with E-state index in [0.717, 1.165) is 29.6 Å². The molecule has 0 spiro atoms. The van der Waals surface area contributed by atoms with Crippen molar-refractivity contribution in [2.45, 2.75) is 51.2 Å². The lowest BCUT2D eigenvalue weighted by atomic mass is 9.81. The minimum atomic E-state index is 0.237. The van der Waals surface area contributed by atoms with Crippen LogP contribution in [0.1, 0.15) is 39.0 Å². The number of benzene rings is 1. The largest absolute Gasteiger partial charge is 0.489 e. The third-order valence-electron chi connectivity index (χ3n) is 4.60. The van der Waals surface area contributed by atoms with Gasteiger partial charge in [-0.2, -0.15) is 0 Å². The fourth-order valence-electron chi connectivity index (χ4n) is 3.47. The molecule has 3 unspecified atom stereocenters. The van der Waals surface area contributed by atoms with E-state index in [1.165, 1.54) is 25.7 Å². The Morgan fingerprint density at radius 1 is 1.24 bits per heavy atom. The van der Waals surface area contributed by atoms with Crippen LogP contribution in [0.4, 0.5) is 0 Å². The second-order valence-corrected chi connectivity index (χ2v) is 6.03. The van der Waals surface area contributed by atoms with Crippen molar-refractivity contribution in [1.29, 1.82) is 0 Å². The summed E-state index contributed by atoms with van der Waals surface area (Å²) in [4.78, 5) is 0. The lowest BCUT2D eigenvalue weighted by molar-refractivity contribution is 0.0864. The standard InChI is InChI=1S/C17H25NO3/c1-3-4-12-5-7-14(18-2)16(9-12)21-13-6-8-15-17(10-13)20-11-19-15/h6,8,10,12,14,16,18H,3-5,7,9,11H2,1-2H3. The average Bonchev–Trinajstić information content (AvgIpc) is 2.95. The molecule has 1 aliphatic heterocycles. The predicted molar refractivity (Wildman–Crippen MR) is 82.1 cm³/mol. The van der Waals surface area contributed by atoms with Crippen LogP contribution < -0.4 is 19.5 Å². The highest BCUT2D eigenvalue weighted by atomic mass is 16.7. The monoisotopic (exact) mass is 291 g/mol. The van der Waals surface area contributed by atoms with Gasteiger partial charge in [0.1, 0.15) is 11.9 Å². The summed E-state index contributed by atoms with van der Waals surface area (Å²) in [5, 5.41) is 3.41. The Labute approximate surface area is 126 Å². The molecule has 1 fully saturated rings. The van der Waals surface area contributed by atoms with Gasteiger partial charge in [0, 0.05) is 12.1 Å². The van der Waals surface area contributed by atoms with Gasteiger partial charge in [-0.05, 0) is 44.4 Å². The molecule has 21 heavy (non-hydrogen) atoms. The molecule has 1 N–H and O–H groups in total. The molecule has 0 radical (unpaired) electrons. The summed E-state index contributed by atoms with van der Waals surface area (Å²) in [6.45, 7) is 2.57. The number of rotatable bonds is 5. The number of fused-ring (bicyclic) bond motifs is 1. The van der Waals surface area contributed by atoms with Gasteiger partial charge in [-0.25, -0.2) is 0 Å². The SMILES string of the molecule is CCCC1CCC(NC)C(Oc2ccc3c(c2)OCO3)C1. The van der Waals surface area contributed by atoms with Gasteiger partial charge in [-0.3, -0.25) is 0 Å². The van der Waals surface area contributed by atoms with Crippen LogP contribution in [0.5, 0.6) is 17.2 Å². The highest BCUT2D eigenvalue weighted by molar-refractivity contribution is 5.46. The van der Waals surface area contributed by atoms with Crippen molar-refractivity contribution in [2.24, 2.45) is 5.92 Å². The topological polar surface area (TPSA) is 39.7 Å². The number of nitrogens with one attached hydrogen (secondary N) is 1. The van der Waals surface area contributed by atoms with Crippen molar-refractivity contribution in [2.75, 3.05) is 13.8 Å². The molecule has 3 rings (SSSR count). The molecule has 1 heterocycles. The van der Waals surface area contributed by atoms with Crippen molar-refractivity contribution in [3.63, 3.8) is 0 Å². The first-order valence-corrected chi connectivity index (χ1v) is 8.03. The van der Waals surface area contributed by atoms with E-state index in [2.05, 4.69) is 12.2 Å². The zero-order chi connectivity index (χ0) is 14.7. The van der Waals surface area contributed by atoms with Gasteiger partial charge in [-0.15, -0.1) is 0 Å². The van der Waals surface area contributed by atoms with Gasteiger partial charge in [0.25, 0.3) is 0 Å². The number of ether oxygens (including phenoxy) is 3. The summed E-state index contributed by atoms with van der Waals surface area (Å²) in [5.41, 5.74) is 0. The quantitative estimate of drug-likeness (QED) is 0.903. The Hall–Kier alpha value is -1.42. The maximum Gasteiger partial charge on any atom is 0.231 e. The lowest BCUT2D eigenvalue weighted by Gasteiger charge is -2.36. The molecule has 0 amide bonds. The normalized spacial score (nSPS) is 27.6. The minimum Gasteiger partial charge on any atom is -0.489 e. The van der Waals surface area contributed by atoms with Crippen LogP contribution in [0.2, 0.25) is 0 Å². The van der Waals surface area contributed by atoms with Crippen molar-refractivity contribution in [1.82, 2.24) is 5.32 Å². The summed E-state index contributed by atoms with van der Waals surface area (Å²) in [7, 11) is 2.03. The third kappa shape index (κ3) is 3.26. The van der Waals surface area contributed by atoms with Crippen LogP contribution >= 0.6 is 0 Å². The van der Waals surface area contributed by atoms with Crippen molar-refractivity contribution in [3.05, 3.63) is 18.2 Å². The third-order valence-corrected chi connectivity index (χ3v) is 4.60. The minimum absolute atomic E-state index is 0.237. The average molecular weight is 291 g/mol. The molecule has 4 heteroatoms. The Balaban J connectivity index is 1.68. The summed E-state index contributed by atoms with van der Waals surface area (Å²) in [6.07, 6.45) is 6.42. The fourth-order valence-corrected chi connectivity index (χ4v) is 3.47. The van der Waals surface area contributed by atoms with Crippen LogP contribution in [-0.2, 0) is 0 Å². The maximum atomic E-state index is 6.26. The van der Waals surface area contributed by atoms with Gasteiger partial charge in [0.2, 0.25) is 6.79 Å². The van der Waals surface area contributed by atoms with Crippen molar-refractivity contribution in [3.8, 4) is 17.2 Å². The van der Waals surface area contributed by atoms with E-state index in [1.807, 2.05) is 25.2 Å². The Bertz CT molecular complexity index is 477. The molecule has 1 saturated carbocycles. The zero-order valence-corrected chi connectivity index (χ0v) is 12.9. The van der Waals surface area contributed by atoms with Gasteiger partial charge in [0.15, 0.2) is 11.5 Å². The lowest BCUT2D eigenvalue weighted by Crippen LogP contribution is -2.45. The molecule has 0 saturated heterocycles. The van der Waals surface area contributed by atoms with Crippen LogP contribution in [-0.4, -0.2) is 26.0 Å². The summed E-state index contributed by atoms with van der Waals surface area (Å²) in [5.74, 6) is 3.26. The molecule has 1 aromatic carbocycles. The smallest absolute Gasteiger partial charge is 0.231 e. The Kier molecular flexibility index (Phi) is 4.54. The van der Waals surface area contributed by atoms with Crippen molar-refractivity contribution < 1.29 is 14.2 Å². The molecule has 116 valence electrons. The Morgan fingerprint density at radius 2 is 2.10 bits per heavy atom. The van der Waals surface area contributed by atoms with E-state index in [1.54, 1.807) is 0 Å². The van der Waals surface area contributed by atoms with Crippen molar-refractivity contribution >= 4 is 0 Å². The summed E-state index contributed by atoms with van der Waals surface area (Å²) >= 11 is 0. The molecule has 2 aliphatic rings. The number of likely N-dealkylation sites (N-methyl/N-ethyl adjacent to an activating group) is 1. The van der Waals surface area contributed by atoms with E-state index >= 15 is 0 Å². The Morgan fingerprint density at radius 3 is 2.90 bits per heavy atom. The van der Waals surface area contributed by atoms with E-state index in [4.69, 9.17) is 14.2 Å². The summed E-state index contributed by atoms with van der Waals surface area (Å²) < 4.78 is 17.0. The zero-order valence-electron chi connectivity index (χ0n) is 12.9. The molecular weight excluding hydrogens is 266 g/mol. The van der Waals surface area contributed by atoms with Gasteiger partial charge >= 0.3 is 0 Å². The first kappa shape index (κ1) is 14.5. The fraction of sp³-hybridized carbons (Fsp3) is 0.647. The molecule has 1 aliphatic carbocycles. The van der Waals surface area contributed by atoms with E-state index < -0.39 is 0 Å². The number of hydrogen-bond acceptors (Lipinski definition) is 4.